The van der Waals surface area contributed by atoms with Gasteiger partial charge in [0.15, 0.2) is 0 Å². The first-order valence-electron chi connectivity index (χ1n) is 11.7. The molecule has 6 nitrogen and oxygen atoms in total. The maximum absolute atomic E-state index is 13.7. The molecule has 8 heteroatoms. The van der Waals surface area contributed by atoms with E-state index in [0.717, 1.165) is 16.9 Å². The van der Waals surface area contributed by atoms with Crippen LogP contribution < -0.4 is 4.90 Å². The van der Waals surface area contributed by atoms with Gasteiger partial charge in [-0.15, -0.1) is 0 Å². The van der Waals surface area contributed by atoms with Gasteiger partial charge in [-0.25, -0.2) is 4.79 Å². The average Bonchev–Trinajstić information content (AvgIpc) is 3.48. The molecule has 4 aromatic rings. The summed E-state index contributed by atoms with van der Waals surface area (Å²) in [5.41, 5.74) is 4.17. The number of rotatable bonds is 6. The minimum atomic E-state index is -0.583. The molecule has 0 aliphatic carbocycles. The third-order valence-corrected chi connectivity index (χ3v) is 6.79. The van der Waals surface area contributed by atoms with Crippen molar-refractivity contribution in [1.29, 1.82) is 0 Å². The molecule has 1 atom stereocenters. The number of hydrogen-bond acceptors (Lipinski definition) is 4. The zero-order valence-corrected chi connectivity index (χ0v) is 21.5. The van der Waals surface area contributed by atoms with Gasteiger partial charge in [-0.2, -0.15) is 0 Å². The van der Waals surface area contributed by atoms with Crippen molar-refractivity contribution in [2.75, 3.05) is 11.4 Å². The van der Waals surface area contributed by atoms with Gasteiger partial charge in [0.2, 0.25) is 0 Å². The summed E-state index contributed by atoms with van der Waals surface area (Å²) in [6.07, 6.45) is 1.95. The van der Waals surface area contributed by atoms with Gasteiger partial charge in [0, 0.05) is 46.5 Å². The van der Waals surface area contributed by atoms with Gasteiger partial charge >= 0.3 is 5.97 Å². The number of anilines is 1. The van der Waals surface area contributed by atoms with Crippen LogP contribution in [-0.4, -0.2) is 28.7 Å². The highest BCUT2D eigenvalue weighted by atomic mass is 35.5. The Hall–Kier alpha value is -3.87. The van der Waals surface area contributed by atoms with E-state index < -0.39 is 5.97 Å². The van der Waals surface area contributed by atoms with Crippen LogP contribution in [0.25, 0.3) is 0 Å². The number of aryl methyl sites for hydroxylation is 1. The summed E-state index contributed by atoms with van der Waals surface area (Å²) in [5, 5.41) is 5.37. The Balaban J connectivity index is 1.45. The van der Waals surface area contributed by atoms with E-state index in [9.17, 15) is 9.59 Å². The van der Waals surface area contributed by atoms with E-state index in [4.69, 9.17) is 28.0 Å². The van der Waals surface area contributed by atoms with Gasteiger partial charge < -0.3 is 14.3 Å². The molecule has 5 rings (SSSR count). The average molecular weight is 532 g/mol. The molecule has 0 saturated heterocycles. The van der Waals surface area contributed by atoms with Gasteiger partial charge in [0.05, 0.1) is 11.3 Å². The van der Waals surface area contributed by atoms with Crippen LogP contribution in [0, 0.1) is 12.8 Å². The fraction of sp³-hybridized carbons (Fsp3) is 0.138. The summed E-state index contributed by atoms with van der Waals surface area (Å²) >= 11 is 12.0. The minimum absolute atomic E-state index is 0.158. The van der Waals surface area contributed by atoms with Crippen molar-refractivity contribution in [1.82, 2.24) is 4.57 Å². The van der Waals surface area contributed by atoms with Crippen LogP contribution >= 0.6 is 23.2 Å². The molecule has 0 N–H and O–H groups in total. The summed E-state index contributed by atoms with van der Waals surface area (Å²) in [6.45, 7) is 2.93. The van der Waals surface area contributed by atoms with E-state index in [1.165, 1.54) is 0 Å². The van der Waals surface area contributed by atoms with Crippen molar-refractivity contribution in [3.63, 3.8) is 0 Å². The third-order valence-electron chi connectivity index (χ3n) is 6.29. The van der Waals surface area contributed by atoms with Crippen LogP contribution in [0.15, 0.2) is 96.3 Å². The zero-order valence-electron chi connectivity index (χ0n) is 20.0. The largest absolute Gasteiger partial charge is 0.365 e. The highest BCUT2D eigenvalue weighted by Gasteiger charge is 2.33. The zero-order chi connectivity index (χ0) is 25.9. The van der Waals surface area contributed by atoms with Gasteiger partial charge in [-0.1, -0.05) is 46.1 Å². The van der Waals surface area contributed by atoms with Crippen LogP contribution in [0.2, 0.25) is 10.0 Å². The van der Waals surface area contributed by atoms with Crippen molar-refractivity contribution < 1.29 is 14.4 Å². The molecule has 1 amide bonds. The molecular formula is C29H23Cl2N3O3. The molecule has 0 fully saturated rings. The topological polar surface area (TPSA) is 63.9 Å². The first-order chi connectivity index (χ1) is 17.9. The lowest BCUT2D eigenvalue weighted by Crippen LogP contribution is -2.37. The van der Waals surface area contributed by atoms with Gasteiger partial charge in [0.1, 0.15) is 5.71 Å². The van der Waals surface area contributed by atoms with Crippen molar-refractivity contribution in [3.8, 4) is 0 Å². The van der Waals surface area contributed by atoms with Gasteiger partial charge in [-0.05, 0) is 79.7 Å². The number of amides is 1. The van der Waals surface area contributed by atoms with E-state index in [-0.39, 0.29) is 11.8 Å². The Morgan fingerprint density at radius 2 is 1.54 bits per heavy atom. The fourth-order valence-corrected chi connectivity index (χ4v) is 4.58. The second kappa shape index (κ2) is 10.6. The molecular weight excluding hydrogens is 509 g/mol. The lowest BCUT2D eigenvalue weighted by molar-refractivity contribution is 0.0514. The minimum Gasteiger partial charge on any atom is -0.346 e. The molecule has 3 aromatic carbocycles. The predicted octanol–water partition coefficient (Wildman–Crippen LogP) is 6.64. The number of oxime groups is 1. The molecule has 1 aromatic heterocycles. The number of fused-ring (bicyclic) bond motifs is 1. The van der Waals surface area contributed by atoms with Crippen LogP contribution in [0.3, 0.4) is 0 Å². The Kier molecular flexibility index (Phi) is 7.12. The molecule has 1 aliphatic rings. The summed E-state index contributed by atoms with van der Waals surface area (Å²) in [7, 11) is 0. The van der Waals surface area contributed by atoms with E-state index >= 15 is 0 Å². The number of carbonyl (C=O) groups is 2. The Bertz CT molecular complexity index is 1460. The molecule has 2 heterocycles. The standard InChI is InChI=1S/C29H23Cl2N3O3/c1-19-4-14-25(15-5-19)34(28(35)20-6-10-23(30)11-7-20)18-22-17-33-16-2-3-26(33)27(22)32-37-29(36)21-8-12-24(31)13-9-21/h2-16,22H,17-18H2,1H3/t22-/m0/s1. The lowest BCUT2D eigenvalue weighted by atomic mass is 10.0. The third kappa shape index (κ3) is 5.45. The Morgan fingerprint density at radius 3 is 2.19 bits per heavy atom. The van der Waals surface area contributed by atoms with E-state index in [2.05, 4.69) is 5.16 Å². The normalized spacial score (nSPS) is 15.4. The van der Waals surface area contributed by atoms with Crippen molar-refractivity contribution in [2.45, 2.75) is 13.5 Å². The quantitative estimate of drug-likeness (QED) is 0.207. The smallest absolute Gasteiger partial charge is 0.346 e. The maximum Gasteiger partial charge on any atom is 0.365 e. The van der Waals surface area contributed by atoms with E-state index in [0.29, 0.717) is 40.0 Å². The number of nitrogens with zero attached hydrogens (tertiary/aromatic N) is 3. The van der Waals surface area contributed by atoms with Crippen LogP contribution in [0.5, 0.6) is 0 Å². The van der Waals surface area contributed by atoms with Gasteiger partial charge in [0.25, 0.3) is 5.91 Å². The number of halogens is 2. The van der Waals surface area contributed by atoms with Crippen molar-refractivity contribution in [3.05, 3.63) is 124 Å². The molecule has 0 unspecified atom stereocenters. The number of benzene rings is 3. The first kappa shape index (κ1) is 24.8. The van der Waals surface area contributed by atoms with Crippen LogP contribution in [-0.2, 0) is 11.4 Å². The molecule has 0 radical (unpaired) electrons. The Morgan fingerprint density at radius 1 is 0.919 bits per heavy atom. The summed E-state index contributed by atoms with van der Waals surface area (Å²) < 4.78 is 2.04. The monoisotopic (exact) mass is 531 g/mol. The number of aromatic nitrogens is 1. The van der Waals surface area contributed by atoms with Crippen molar-refractivity contribution >= 4 is 46.5 Å². The predicted molar refractivity (Wildman–Crippen MR) is 146 cm³/mol. The fourth-order valence-electron chi connectivity index (χ4n) is 4.33. The van der Waals surface area contributed by atoms with Gasteiger partial charge in [-0.3, -0.25) is 4.79 Å². The molecule has 0 saturated carbocycles. The summed E-state index contributed by atoms with van der Waals surface area (Å²) in [6, 6.07) is 24.9. The first-order valence-corrected chi connectivity index (χ1v) is 12.5. The van der Waals surface area contributed by atoms with Crippen molar-refractivity contribution in [2.24, 2.45) is 11.1 Å². The van der Waals surface area contributed by atoms with Crippen LogP contribution in [0.4, 0.5) is 5.69 Å². The number of carbonyl (C=O) groups excluding carboxylic acids is 2. The number of hydrogen-bond donors (Lipinski definition) is 0. The molecule has 0 spiro atoms. The SMILES string of the molecule is Cc1ccc(N(C[C@@H]2Cn3cccc3C2=NOC(=O)c2ccc(Cl)cc2)C(=O)c2ccc(Cl)cc2)cc1. The van der Waals surface area contributed by atoms with Crippen LogP contribution in [0.1, 0.15) is 32.0 Å². The maximum atomic E-state index is 13.7. The second-order valence-electron chi connectivity index (χ2n) is 8.86. The molecule has 37 heavy (non-hydrogen) atoms. The summed E-state index contributed by atoms with van der Waals surface area (Å²) in [5.74, 6) is -0.943. The highest BCUT2D eigenvalue weighted by Crippen LogP contribution is 2.27. The molecule has 1 aliphatic heterocycles. The highest BCUT2D eigenvalue weighted by molar-refractivity contribution is 6.31. The Labute approximate surface area is 224 Å². The van der Waals surface area contributed by atoms with E-state index in [1.54, 1.807) is 53.4 Å². The lowest BCUT2D eigenvalue weighted by Gasteiger charge is -2.26. The summed E-state index contributed by atoms with van der Waals surface area (Å²) in [4.78, 5) is 33.4. The molecule has 0 bridgehead atoms. The second-order valence-corrected chi connectivity index (χ2v) is 9.74. The van der Waals surface area contributed by atoms with E-state index in [1.807, 2.05) is 54.1 Å². The molecule has 186 valence electrons.